The molecule has 3 aliphatic rings. The van der Waals surface area contributed by atoms with Gasteiger partial charge in [0.2, 0.25) is 0 Å². The molecule has 1 aliphatic carbocycles. The SMILES string of the molecule is CC1Oc2ccc(C(=O)C3CCN(C(=O)NC4c5ccccc5CC4C)CC3)cc2NC1=O. The Bertz CT molecular complexity index is 1110. The van der Waals surface area contributed by atoms with E-state index >= 15 is 0 Å². The first-order chi connectivity index (χ1) is 15.9. The molecule has 0 saturated carbocycles. The quantitative estimate of drug-likeness (QED) is 0.698. The van der Waals surface area contributed by atoms with Crippen LogP contribution in [0.15, 0.2) is 42.5 Å². The Balaban J connectivity index is 1.19. The number of urea groups is 1. The molecule has 2 aliphatic heterocycles. The molecule has 3 atom stereocenters. The van der Waals surface area contributed by atoms with Crippen molar-refractivity contribution in [3.63, 3.8) is 0 Å². The van der Waals surface area contributed by atoms with Gasteiger partial charge in [-0.3, -0.25) is 9.59 Å². The molecule has 1 fully saturated rings. The van der Waals surface area contributed by atoms with E-state index < -0.39 is 6.10 Å². The van der Waals surface area contributed by atoms with Gasteiger partial charge in [-0.2, -0.15) is 0 Å². The van der Waals surface area contributed by atoms with Crippen molar-refractivity contribution < 1.29 is 19.1 Å². The van der Waals surface area contributed by atoms with E-state index in [1.165, 1.54) is 11.1 Å². The zero-order chi connectivity index (χ0) is 23.1. The number of ketones is 1. The number of anilines is 1. The first-order valence-electron chi connectivity index (χ1n) is 11.7. The Labute approximate surface area is 193 Å². The Hall–Kier alpha value is -3.35. The third-order valence-corrected chi connectivity index (χ3v) is 7.13. The highest BCUT2D eigenvalue weighted by atomic mass is 16.5. The van der Waals surface area contributed by atoms with Gasteiger partial charge < -0.3 is 20.3 Å². The molecular formula is C26H29N3O4. The van der Waals surface area contributed by atoms with Crippen LogP contribution < -0.4 is 15.4 Å². The second-order valence-electron chi connectivity index (χ2n) is 9.39. The third kappa shape index (κ3) is 4.08. The standard InChI is InChI=1S/C26H29N3O4/c1-15-13-18-5-3-4-6-20(18)23(15)28-26(32)29-11-9-17(10-12-29)24(30)19-7-8-22-21(14-19)27-25(31)16(2)33-22/h3-8,14-17,23H,9-13H2,1-2H3,(H,27,31)(H,28,32). The molecule has 5 rings (SSSR count). The predicted molar refractivity (Wildman–Crippen MR) is 124 cm³/mol. The van der Waals surface area contributed by atoms with Crippen LogP contribution in [0.4, 0.5) is 10.5 Å². The van der Waals surface area contributed by atoms with Crippen LogP contribution in [0.2, 0.25) is 0 Å². The fourth-order valence-electron chi connectivity index (χ4n) is 5.18. The number of fused-ring (bicyclic) bond motifs is 2. The molecule has 2 N–H and O–H groups in total. The van der Waals surface area contributed by atoms with Gasteiger partial charge in [0.1, 0.15) is 5.75 Å². The highest BCUT2D eigenvalue weighted by molar-refractivity contribution is 6.02. The fourth-order valence-corrected chi connectivity index (χ4v) is 5.18. The summed E-state index contributed by atoms with van der Waals surface area (Å²) in [5.41, 5.74) is 3.61. The van der Waals surface area contributed by atoms with E-state index in [-0.39, 0.29) is 29.7 Å². The smallest absolute Gasteiger partial charge is 0.317 e. The summed E-state index contributed by atoms with van der Waals surface area (Å²) in [6.07, 6.45) is 1.68. The Morgan fingerprint density at radius 3 is 2.64 bits per heavy atom. The molecule has 33 heavy (non-hydrogen) atoms. The maximum absolute atomic E-state index is 13.1. The summed E-state index contributed by atoms with van der Waals surface area (Å²) in [6, 6.07) is 13.5. The zero-order valence-electron chi connectivity index (χ0n) is 19.0. The number of nitrogens with zero attached hydrogens (tertiary/aromatic N) is 1. The minimum absolute atomic E-state index is 0.0312. The number of ether oxygens (including phenoxy) is 1. The van der Waals surface area contributed by atoms with Crippen molar-refractivity contribution in [2.45, 2.75) is 45.3 Å². The van der Waals surface area contributed by atoms with Crippen LogP contribution in [0.1, 0.15) is 54.2 Å². The lowest BCUT2D eigenvalue weighted by Crippen LogP contribution is -2.47. The largest absolute Gasteiger partial charge is 0.479 e. The van der Waals surface area contributed by atoms with Crippen LogP contribution in [0, 0.1) is 11.8 Å². The van der Waals surface area contributed by atoms with E-state index in [2.05, 4.69) is 29.7 Å². The minimum atomic E-state index is -0.546. The van der Waals surface area contributed by atoms with Gasteiger partial charge in [-0.15, -0.1) is 0 Å². The van der Waals surface area contributed by atoms with Crippen molar-refractivity contribution >= 4 is 23.4 Å². The number of Topliss-reactive ketones (excluding diaryl/α,β-unsaturated/α-hetero) is 1. The zero-order valence-corrected chi connectivity index (χ0v) is 19.0. The van der Waals surface area contributed by atoms with Crippen molar-refractivity contribution in [3.8, 4) is 5.75 Å². The Kier molecular flexibility index (Phi) is 5.56. The van der Waals surface area contributed by atoms with Crippen LogP contribution >= 0.6 is 0 Å². The highest BCUT2D eigenvalue weighted by Gasteiger charge is 2.34. The van der Waals surface area contributed by atoms with E-state index in [9.17, 15) is 14.4 Å². The first-order valence-corrected chi connectivity index (χ1v) is 11.7. The number of hydrogen-bond acceptors (Lipinski definition) is 4. The normalized spacial score (nSPS) is 24.4. The number of hydrogen-bond donors (Lipinski definition) is 2. The molecule has 7 nitrogen and oxygen atoms in total. The first kappa shape index (κ1) is 21.5. The number of rotatable bonds is 3. The van der Waals surface area contributed by atoms with Crippen molar-refractivity contribution in [2.24, 2.45) is 11.8 Å². The average molecular weight is 448 g/mol. The van der Waals surface area contributed by atoms with Gasteiger partial charge in [-0.1, -0.05) is 31.2 Å². The van der Waals surface area contributed by atoms with Crippen LogP contribution in [0.3, 0.4) is 0 Å². The Morgan fingerprint density at radius 2 is 1.85 bits per heavy atom. The lowest BCUT2D eigenvalue weighted by Gasteiger charge is -2.33. The second kappa shape index (κ2) is 8.54. The minimum Gasteiger partial charge on any atom is -0.479 e. The number of carbonyl (C=O) groups excluding carboxylic acids is 3. The van der Waals surface area contributed by atoms with E-state index in [0.717, 1.165) is 6.42 Å². The van der Waals surface area contributed by atoms with E-state index in [4.69, 9.17) is 4.74 Å². The number of carbonyl (C=O) groups is 3. The molecule has 0 radical (unpaired) electrons. The van der Waals surface area contributed by atoms with Crippen molar-refractivity contribution in [1.29, 1.82) is 0 Å². The number of nitrogens with one attached hydrogen (secondary N) is 2. The number of benzene rings is 2. The number of likely N-dealkylation sites (tertiary alicyclic amines) is 1. The van der Waals surface area contributed by atoms with Crippen molar-refractivity contribution in [3.05, 3.63) is 59.2 Å². The topological polar surface area (TPSA) is 87.7 Å². The lowest BCUT2D eigenvalue weighted by molar-refractivity contribution is -0.122. The number of piperidine rings is 1. The predicted octanol–water partition coefficient (Wildman–Crippen LogP) is 3.94. The van der Waals surface area contributed by atoms with Crippen molar-refractivity contribution in [2.75, 3.05) is 18.4 Å². The van der Waals surface area contributed by atoms with Gasteiger partial charge in [0, 0.05) is 24.6 Å². The molecule has 3 amide bonds. The maximum atomic E-state index is 13.1. The molecule has 2 aromatic carbocycles. The van der Waals surface area contributed by atoms with Gasteiger partial charge in [-0.05, 0) is 61.4 Å². The fraction of sp³-hybridized carbons (Fsp3) is 0.423. The summed E-state index contributed by atoms with van der Waals surface area (Å²) in [7, 11) is 0. The molecule has 1 saturated heterocycles. The lowest BCUT2D eigenvalue weighted by atomic mass is 9.88. The van der Waals surface area contributed by atoms with Gasteiger partial charge in [0.25, 0.3) is 5.91 Å². The summed E-state index contributed by atoms with van der Waals surface area (Å²) >= 11 is 0. The summed E-state index contributed by atoms with van der Waals surface area (Å²) in [5.74, 6) is 0.627. The van der Waals surface area contributed by atoms with Crippen molar-refractivity contribution in [1.82, 2.24) is 10.2 Å². The molecule has 0 spiro atoms. The molecule has 0 aromatic heterocycles. The van der Waals surface area contributed by atoms with Crippen LogP contribution in [-0.2, 0) is 11.2 Å². The van der Waals surface area contributed by atoms with E-state index in [1.54, 1.807) is 25.1 Å². The molecule has 172 valence electrons. The molecule has 2 aromatic rings. The molecule has 2 heterocycles. The third-order valence-electron chi connectivity index (χ3n) is 7.13. The van der Waals surface area contributed by atoms with Gasteiger partial charge >= 0.3 is 6.03 Å². The molecule has 3 unspecified atom stereocenters. The molecule has 0 bridgehead atoms. The monoisotopic (exact) mass is 447 g/mol. The van der Waals surface area contributed by atoms with E-state index in [0.29, 0.717) is 48.8 Å². The maximum Gasteiger partial charge on any atom is 0.317 e. The van der Waals surface area contributed by atoms with Gasteiger partial charge in [0.15, 0.2) is 11.9 Å². The highest BCUT2D eigenvalue weighted by Crippen LogP contribution is 2.36. The van der Waals surface area contributed by atoms with Crippen LogP contribution in [0.5, 0.6) is 5.75 Å². The molecular weight excluding hydrogens is 418 g/mol. The summed E-state index contributed by atoms with van der Waals surface area (Å²) in [6.45, 7) is 4.95. The number of amides is 3. The summed E-state index contributed by atoms with van der Waals surface area (Å²) < 4.78 is 5.57. The van der Waals surface area contributed by atoms with Crippen LogP contribution in [0.25, 0.3) is 0 Å². The van der Waals surface area contributed by atoms with Crippen LogP contribution in [-0.4, -0.2) is 41.8 Å². The van der Waals surface area contributed by atoms with Gasteiger partial charge in [0.05, 0.1) is 11.7 Å². The summed E-state index contributed by atoms with van der Waals surface area (Å²) in [4.78, 5) is 39.8. The van der Waals surface area contributed by atoms with E-state index in [1.807, 2.05) is 17.0 Å². The average Bonchev–Trinajstić information content (AvgIpc) is 3.14. The second-order valence-corrected chi connectivity index (χ2v) is 9.39. The Morgan fingerprint density at radius 1 is 1.09 bits per heavy atom. The van der Waals surface area contributed by atoms with Gasteiger partial charge in [-0.25, -0.2) is 4.79 Å². The summed E-state index contributed by atoms with van der Waals surface area (Å²) in [5, 5.41) is 6.02. The molecule has 7 heteroatoms.